The van der Waals surface area contributed by atoms with Crippen LogP contribution in [0.3, 0.4) is 0 Å². The Morgan fingerprint density at radius 3 is 2.15 bits per heavy atom. The average Bonchev–Trinajstić information content (AvgIpc) is 2.67. The molecule has 136 valence electrons. The number of hydrogen-bond acceptors (Lipinski definition) is 1. The van der Waals surface area contributed by atoms with Crippen molar-refractivity contribution in [3.8, 4) is 0 Å². The van der Waals surface area contributed by atoms with Gasteiger partial charge in [0.1, 0.15) is 0 Å². The number of rotatable bonds is 5. The number of carbonyl (C=O) groups is 1. The maximum atomic E-state index is 13.1. The van der Waals surface area contributed by atoms with Gasteiger partial charge in [-0.25, -0.2) is 0 Å². The summed E-state index contributed by atoms with van der Waals surface area (Å²) in [5, 5.41) is 3.17. The van der Waals surface area contributed by atoms with Gasteiger partial charge in [0.25, 0.3) is 5.91 Å². The van der Waals surface area contributed by atoms with E-state index in [1.807, 2.05) is 73.7 Å². The fourth-order valence-corrected chi connectivity index (χ4v) is 3.28. The van der Waals surface area contributed by atoms with Crippen LogP contribution in [0.2, 0.25) is 0 Å². The van der Waals surface area contributed by atoms with Crippen molar-refractivity contribution in [2.45, 2.75) is 26.8 Å². The minimum atomic E-state index is -0.0717. The van der Waals surface area contributed by atoms with Gasteiger partial charge in [-0.2, -0.15) is 0 Å². The van der Waals surface area contributed by atoms with Crippen molar-refractivity contribution in [2.24, 2.45) is 0 Å². The number of amides is 1. The predicted molar refractivity (Wildman–Crippen MR) is 113 cm³/mol. The normalized spacial score (nSPS) is 12.5. The van der Waals surface area contributed by atoms with E-state index in [2.05, 4.69) is 37.4 Å². The molecule has 2 heteroatoms. The second kappa shape index (κ2) is 8.50. The van der Waals surface area contributed by atoms with E-state index in [0.29, 0.717) is 5.57 Å². The summed E-state index contributed by atoms with van der Waals surface area (Å²) in [4.78, 5) is 13.1. The molecule has 0 aliphatic rings. The molecule has 0 saturated carbocycles. The summed E-state index contributed by atoms with van der Waals surface area (Å²) < 4.78 is 0. The topological polar surface area (TPSA) is 29.1 Å². The van der Waals surface area contributed by atoms with Crippen molar-refractivity contribution >= 4 is 17.6 Å². The molecule has 1 N–H and O–H groups in total. The summed E-state index contributed by atoms with van der Waals surface area (Å²) in [6, 6.07) is 26.0. The molecule has 1 amide bonds. The smallest absolute Gasteiger partial charge is 0.252 e. The molecule has 0 spiro atoms. The molecule has 3 rings (SSSR count). The molecule has 27 heavy (non-hydrogen) atoms. The Balaban J connectivity index is 1.90. The number of aryl methyl sites for hydroxylation is 2. The van der Waals surface area contributed by atoms with Gasteiger partial charge in [-0.1, -0.05) is 84.4 Å². The van der Waals surface area contributed by atoms with Crippen molar-refractivity contribution < 1.29 is 4.79 Å². The van der Waals surface area contributed by atoms with E-state index in [0.717, 1.165) is 16.7 Å². The van der Waals surface area contributed by atoms with Gasteiger partial charge in [0.2, 0.25) is 0 Å². The second-order valence-corrected chi connectivity index (χ2v) is 6.89. The molecule has 0 radical (unpaired) electrons. The predicted octanol–water partition coefficient (Wildman–Crippen LogP) is 5.72. The number of hydrogen-bond donors (Lipinski definition) is 1. The molecule has 0 fully saturated rings. The Labute approximate surface area is 161 Å². The monoisotopic (exact) mass is 355 g/mol. The lowest BCUT2D eigenvalue weighted by Gasteiger charge is -2.18. The van der Waals surface area contributed by atoms with Crippen molar-refractivity contribution in [3.63, 3.8) is 0 Å². The first-order chi connectivity index (χ1) is 13.0. The van der Waals surface area contributed by atoms with Crippen LogP contribution < -0.4 is 5.32 Å². The quantitative estimate of drug-likeness (QED) is 0.460. The van der Waals surface area contributed by atoms with E-state index >= 15 is 0 Å². The molecule has 0 saturated heterocycles. The maximum Gasteiger partial charge on any atom is 0.252 e. The Morgan fingerprint density at radius 1 is 0.889 bits per heavy atom. The first-order valence-corrected chi connectivity index (χ1v) is 9.25. The second-order valence-electron chi connectivity index (χ2n) is 6.89. The molecule has 0 aliphatic carbocycles. The van der Waals surface area contributed by atoms with Gasteiger partial charge in [0.15, 0.2) is 0 Å². The van der Waals surface area contributed by atoms with E-state index < -0.39 is 0 Å². The van der Waals surface area contributed by atoms with Crippen LogP contribution in [-0.4, -0.2) is 5.91 Å². The van der Waals surface area contributed by atoms with Crippen molar-refractivity contribution in [1.29, 1.82) is 0 Å². The van der Waals surface area contributed by atoms with Gasteiger partial charge < -0.3 is 5.32 Å². The van der Waals surface area contributed by atoms with E-state index in [9.17, 15) is 4.79 Å². The zero-order chi connectivity index (χ0) is 19.2. The van der Waals surface area contributed by atoms with Gasteiger partial charge in [-0.15, -0.1) is 0 Å². The van der Waals surface area contributed by atoms with Crippen LogP contribution in [0.5, 0.6) is 0 Å². The SMILES string of the molecule is Cc1ccc([C@H](C)NC(=O)/C(=C/c2ccccc2)c2ccccc2)c(C)c1. The fourth-order valence-electron chi connectivity index (χ4n) is 3.28. The van der Waals surface area contributed by atoms with Crippen LogP contribution in [-0.2, 0) is 4.79 Å². The number of nitrogens with one attached hydrogen (secondary N) is 1. The lowest BCUT2D eigenvalue weighted by atomic mass is 9.98. The lowest BCUT2D eigenvalue weighted by molar-refractivity contribution is -0.116. The molecule has 2 nitrogen and oxygen atoms in total. The highest BCUT2D eigenvalue weighted by Gasteiger charge is 2.16. The Morgan fingerprint density at radius 2 is 1.52 bits per heavy atom. The summed E-state index contributed by atoms with van der Waals surface area (Å²) >= 11 is 0. The molecule has 0 aromatic heterocycles. The van der Waals surface area contributed by atoms with E-state index in [-0.39, 0.29) is 11.9 Å². The van der Waals surface area contributed by atoms with Crippen molar-refractivity contribution in [3.05, 3.63) is 107 Å². The average molecular weight is 355 g/mol. The van der Waals surface area contributed by atoms with E-state index in [4.69, 9.17) is 0 Å². The van der Waals surface area contributed by atoms with E-state index in [1.165, 1.54) is 11.1 Å². The summed E-state index contributed by atoms with van der Waals surface area (Å²) in [5.74, 6) is -0.0717. The Bertz CT molecular complexity index is 943. The summed E-state index contributed by atoms with van der Waals surface area (Å²) in [6.45, 7) is 6.19. The first kappa shape index (κ1) is 18.7. The summed E-state index contributed by atoms with van der Waals surface area (Å²) in [6.07, 6.45) is 1.94. The van der Waals surface area contributed by atoms with Crippen molar-refractivity contribution in [1.82, 2.24) is 5.32 Å². The molecular weight excluding hydrogens is 330 g/mol. The van der Waals surface area contributed by atoms with Crippen molar-refractivity contribution in [2.75, 3.05) is 0 Å². The first-order valence-electron chi connectivity index (χ1n) is 9.25. The van der Waals surface area contributed by atoms with Gasteiger partial charge >= 0.3 is 0 Å². The molecule has 0 heterocycles. The Hall–Kier alpha value is -3.13. The molecule has 0 bridgehead atoms. The number of benzene rings is 3. The molecule has 1 atom stereocenters. The zero-order valence-electron chi connectivity index (χ0n) is 16.1. The zero-order valence-corrected chi connectivity index (χ0v) is 16.1. The van der Waals surface area contributed by atoms with Gasteiger partial charge in [0, 0.05) is 5.57 Å². The van der Waals surface area contributed by atoms with Crippen LogP contribution >= 0.6 is 0 Å². The minimum Gasteiger partial charge on any atom is -0.345 e. The van der Waals surface area contributed by atoms with Crippen LogP contribution in [0.25, 0.3) is 11.6 Å². The van der Waals surface area contributed by atoms with Crippen LogP contribution in [0.15, 0.2) is 78.9 Å². The highest BCUT2D eigenvalue weighted by atomic mass is 16.1. The minimum absolute atomic E-state index is 0.0685. The van der Waals surface area contributed by atoms with E-state index in [1.54, 1.807) is 0 Å². The highest BCUT2D eigenvalue weighted by Crippen LogP contribution is 2.22. The van der Waals surface area contributed by atoms with Crippen LogP contribution in [0, 0.1) is 13.8 Å². The third kappa shape index (κ3) is 4.73. The van der Waals surface area contributed by atoms with Gasteiger partial charge in [0.05, 0.1) is 6.04 Å². The standard InChI is InChI=1S/C25H25NO/c1-18-14-15-23(19(2)16-18)20(3)26-25(27)24(22-12-8-5-9-13-22)17-21-10-6-4-7-11-21/h4-17,20H,1-3H3,(H,26,27)/b24-17+/t20-/m0/s1. The fraction of sp³-hybridized carbons (Fsp3) is 0.160. The summed E-state index contributed by atoms with van der Waals surface area (Å²) in [5.41, 5.74) is 6.14. The van der Waals surface area contributed by atoms with Gasteiger partial charge in [-0.05, 0) is 49.1 Å². The highest BCUT2D eigenvalue weighted by molar-refractivity contribution is 6.24. The third-order valence-corrected chi connectivity index (χ3v) is 4.68. The Kier molecular flexibility index (Phi) is 5.87. The number of carbonyl (C=O) groups excluding carboxylic acids is 1. The molecule has 0 unspecified atom stereocenters. The van der Waals surface area contributed by atoms with Crippen LogP contribution in [0.4, 0.5) is 0 Å². The summed E-state index contributed by atoms with van der Waals surface area (Å²) in [7, 11) is 0. The largest absolute Gasteiger partial charge is 0.345 e. The lowest BCUT2D eigenvalue weighted by Crippen LogP contribution is -2.28. The molecule has 0 aliphatic heterocycles. The molecule has 3 aromatic carbocycles. The van der Waals surface area contributed by atoms with Gasteiger partial charge in [-0.3, -0.25) is 4.79 Å². The molecular formula is C25H25NO. The third-order valence-electron chi connectivity index (χ3n) is 4.68. The maximum absolute atomic E-state index is 13.1. The molecule has 3 aromatic rings. The van der Waals surface area contributed by atoms with Crippen LogP contribution in [0.1, 0.15) is 40.8 Å².